The number of piperidine rings is 1. The quantitative estimate of drug-likeness (QED) is 0.797. The molecule has 1 aliphatic heterocycles. The van der Waals surface area contributed by atoms with Gasteiger partial charge in [0.2, 0.25) is 0 Å². The molecule has 22 heavy (non-hydrogen) atoms. The van der Waals surface area contributed by atoms with E-state index < -0.39 is 0 Å². The molecule has 2 aliphatic rings. The van der Waals surface area contributed by atoms with Crippen molar-refractivity contribution in [2.75, 3.05) is 0 Å². The number of hydrogen-bond acceptors (Lipinski definition) is 2. The normalized spacial score (nSPS) is 36.1. The number of hydrogen-bond donors (Lipinski definition) is 1. The number of nitrogens with two attached hydrogens (primary N) is 1. The fourth-order valence-corrected chi connectivity index (χ4v) is 4.54. The van der Waals surface area contributed by atoms with Crippen molar-refractivity contribution in [3.63, 3.8) is 0 Å². The average Bonchev–Trinajstić information content (AvgIpc) is 2.45. The first-order chi connectivity index (χ1) is 10.3. The summed E-state index contributed by atoms with van der Waals surface area (Å²) in [6, 6.07) is 1.58. The second kappa shape index (κ2) is 7.38. The molecule has 1 saturated carbocycles. The van der Waals surface area contributed by atoms with E-state index in [9.17, 15) is 0 Å². The molecule has 1 saturated heterocycles. The average molecular weight is 305 g/mol. The van der Waals surface area contributed by atoms with Crippen molar-refractivity contribution >= 4 is 13.7 Å². The van der Waals surface area contributed by atoms with Gasteiger partial charge in [0.15, 0.2) is 0 Å². The van der Waals surface area contributed by atoms with Crippen LogP contribution >= 0.6 is 0 Å². The summed E-state index contributed by atoms with van der Waals surface area (Å²) in [5.41, 5.74) is 6.63. The summed E-state index contributed by atoms with van der Waals surface area (Å²) < 4.78 is 0. The molecule has 126 valence electrons. The Labute approximate surface area is 138 Å². The zero-order chi connectivity index (χ0) is 16.3. The summed E-state index contributed by atoms with van der Waals surface area (Å²) in [5, 5.41) is 0. The van der Waals surface area contributed by atoms with E-state index in [0.29, 0.717) is 18.1 Å². The minimum atomic E-state index is 0.0165. The smallest absolute Gasteiger partial charge is 0.127 e. The molecule has 2 fully saturated rings. The number of aliphatic imine (C=N–C) groups is 1. The predicted molar refractivity (Wildman–Crippen MR) is 99.2 cm³/mol. The number of rotatable bonds is 2. The minimum Gasteiger partial charge on any atom is -0.355 e. The Hall–Kier alpha value is -0.505. The van der Waals surface area contributed by atoms with Crippen molar-refractivity contribution in [1.82, 2.24) is 4.90 Å². The highest BCUT2D eigenvalue weighted by molar-refractivity contribution is 6.15. The maximum atomic E-state index is 6.61. The van der Waals surface area contributed by atoms with Crippen LogP contribution in [0, 0.1) is 5.92 Å². The zero-order valence-electron chi connectivity index (χ0n) is 15.4. The molecule has 0 aromatic heterocycles. The molecule has 3 nitrogen and oxygen atoms in total. The molecule has 3 unspecified atom stereocenters. The first kappa shape index (κ1) is 17.8. The number of likely N-dealkylation sites (tertiary alicyclic amines) is 1. The molecule has 0 amide bonds. The van der Waals surface area contributed by atoms with Gasteiger partial charge in [-0.3, -0.25) is 4.99 Å². The van der Waals surface area contributed by atoms with Crippen LogP contribution in [0.2, 0.25) is 0 Å². The van der Waals surface area contributed by atoms with Crippen LogP contribution < -0.4 is 5.73 Å². The van der Waals surface area contributed by atoms with Gasteiger partial charge in [0, 0.05) is 24.5 Å². The Kier molecular flexibility index (Phi) is 5.98. The molecular weight excluding hydrogens is 269 g/mol. The van der Waals surface area contributed by atoms with Gasteiger partial charge in [0.25, 0.3) is 0 Å². The fraction of sp³-hybridized carbons (Fsp3) is 0.944. The Morgan fingerprint density at radius 2 is 1.91 bits per heavy atom. The van der Waals surface area contributed by atoms with E-state index >= 15 is 0 Å². The lowest BCUT2D eigenvalue weighted by atomic mass is 9.67. The molecule has 2 N–H and O–H groups in total. The third kappa shape index (κ3) is 4.50. The van der Waals surface area contributed by atoms with Gasteiger partial charge in [-0.1, -0.05) is 19.3 Å². The summed E-state index contributed by atoms with van der Waals surface area (Å²) in [4.78, 5) is 7.60. The molecule has 0 aromatic rings. The van der Waals surface area contributed by atoms with E-state index in [-0.39, 0.29) is 5.44 Å². The van der Waals surface area contributed by atoms with Crippen LogP contribution in [0.1, 0.15) is 79.1 Å². The summed E-state index contributed by atoms with van der Waals surface area (Å²) in [7, 11) is 2.27. The van der Waals surface area contributed by atoms with E-state index in [1.54, 1.807) is 0 Å². The summed E-state index contributed by atoms with van der Waals surface area (Å²) in [6.45, 7) is 9.04. The van der Waals surface area contributed by atoms with Gasteiger partial charge in [-0.05, 0) is 64.7 Å². The Morgan fingerprint density at radius 1 is 1.18 bits per heavy atom. The molecule has 4 heteroatoms. The summed E-state index contributed by atoms with van der Waals surface area (Å²) in [6.07, 6.45) is 10.0. The van der Waals surface area contributed by atoms with Crippen molar-refractivity contribution in [2.45, 2.75) is 103 Å². The molecular formula is C18H36BN3. The lowest BCUT2D eigenvalue weighted by Crippen LogP contribution is -2.54. The van der Waals surface area contributed by atoms with Crippen LogP contribution in [-0.2, 0) is 0 Å². The molecule has 2 rings (SSSR count). The van der Waals surface area contributed by atoms with Gasteiger partial charge >= 0.3 is 0 Å². The molecule has 0 aromatic carbocycles. The van der Waals surface area contributed by atoms with Crippen LogP contribution in [0.25, 0.3) is 0 Å². The predicted octanol–water partition coefficient (Wildman–Crippen LogP) is 2.92. The van der Waals surface area contributed by atoms with Crippen molar-refractivity contribution < 1.29 is 0 Å². The highest BCUT2D eigenvalue weighted by Crippen LogP contribution is 2.37. The number of amidine groups is 1. The Morgan fingerprint density at radius 3 is 2.55 bits per heavy atom. The third-order valence-electron chi connectivity index (χ3n) is 5.38. The van der Waals surface area contributed by atoms with Gasteiger partial charge in [-0.25, -0.2) is 0 Å². The monoisotopic (exact) mass is 305 g/mol. The van der Waals surface area contributed by atoms with Crippen molar-refractivity contribution in [2.24, 2.45) is 16.6 Å². The Bertz CT molecular complexity index is 390. The molecule has 0 spiro atoms. The summed E-state index contributed by atoms with van der Waals surface area (Å²) >= 11 is 0. The van der Waals surface area contributed by atoms with E-state index in [1.165, 1.54) is 50.8 Å². The molecule has 3 atom stereocenters. The fourth-order valence-electron chi connectivity index (χ4n) is 4.54. The highest BCUT2D eigenvalue weighted by atomic mass is 15.2. The molecule has 1 heterocycles. The van der Waals surface area contributed by atoms with Crippen molar-refractivity contribution in [3.8, 4) is 0 Å². The summed E-state index contributed by atoms with van der Waals surface area (Å²) in [5.74, 6) is 2.09. The first-order valence-electron chi connectivity index (χ1n) is 9.44. The first-order valence-corrected chi connectivity index (χ1v) is 9.44. The van der Waals surface area contributed by atoms with Gasteiger partial charge in [0.1, 0.15) is 7.85 Å². The lowest BCUT2D eigenvalue weighted by Gasteiger charge is -2.47. The highest BCUT2D eigenvalue weighted by Gasteiger charge is 2.38. The van der Waals surface area contributed by atoms with E-state index in [4.69, 9.17) is 10.7 Å². The van der Waals surface area contributed by atoms with Gasteiger partial charge in [-0.2, -0.15) is 0 Å². The largest absolute Gasteiger partial charge is 0.355 e. The third-order valence-corrected chi connectivity index (χ3v) is 5.38. The van der Waals surface area contributed by atoms with Crippen LogP contribution in [0.3, 0.4) is 0 Å². The minimum absolute atomic E-state index is 0.0165. The zero-order valence-corrected chi connectivity index (χ0v) is 15.4. The van der Waals surface area contributed by atoms with Gasteiger partial charge in [-0.15, -0.1) is 0 Å². The molecule has 1 aliphatic carbocycles. The SMILES string of the molecule is BC1(N)CCCCCC2C(CC/C(=N/C(C)C)N2C(C)C)C1. The van der Waals surface area contributed by atoms with Crippen LogP contribution in [-0.4, -0.2) is 42.1 Å². The van der Waals surface area contributed by atoms with Crippen LogP contribution in [0.5, 0.6) is 0 Å². The number of fused-ring (bicyclic) bond motifs is 1. The maximum absolute atomic E-state index is 6.61. The van der Waals surface area contributed by atoms with E-state index in [0.717, 1.165) is 12.3 Å². The van der Waals surface area contributed by atoms with Crippen molar-refractivity contribution in [3.05, 3.63) is 0 Å². The van der Waals surface area contributed by atoms with E-state index in [1.807, 2.05) is 0 Å². The van der Waals surface area contributed by atoms with Crippen LogP contribution in [0.15, 0.2) is 4.99 Å². The van der Waals surface area contributed by atoms with Gasteiger partial charge < -0.3 is 10.6 Å². The lowest BCUT2D eigenvalue weighted by molar-refractivity contribution is 0.133. The standard InChI is InChI=1S/C18H36BN3/c1-13(2)21-17-10-9-15-12-18(19,20)11-7-5-6-8-16(15)22(17)14(3)4/h13-16H,5-12,19-20H2,1-4H3/b21-17-. The second-order valence-corrected chi connectivity index (χ2v) is 8.46. The van der Waals surface area contributed by atoms with E-state index in [2.05, 4.69) is 40.4 Å². The topological polar surface area (TPSA) is 41.6 Å². The number of nitrogens with zero attached hydrogens (tertiary/aromatic N) is 2. The second-order valence-electron chi connectivity index (χ2n) is 8.46. The van der Waals surface area contributed by atoms with Gasteiger partial charge in [0.05, 0.1) is 5.84 Å². The Balaban J connectivity index is 2.26. The van der Waals surface area contributed by atoms with Crippen molar-refractivity contribution in [1.29, 1.82) is 0 Å². The van der Waals surface area contributed by atoms with Crippen LogP contribution in [0.4, 0.5) is 0 Å². The molecule has 0 radical (unpaired) electrons. The maximum Gasteiger partial charge on any atom is 0.127 e. The molecule has 0 bridgehead atoms.